The summed E-state index contributed by atoms with van der Waals surface area (Å²) in [7, 11) is 3.40. The number of ether oxygens (including phenoxy) is 2. The highest BCUT2D eigenvalue weighted by Crippen LogP contribution is 2.34. The highest BCUT2D eigenvalue weighted by Gasteiger charge is 2.14. The Kier molecular flexibility index (Phi) is 4.90. The highest BCUT2D eigenvalue weighted by molar-refractivity contribution is 5.97. The molecule has 0 atom stereocenters. The molecule has 2 aromatic carbocycles. The summed E-state index contributed by atoms with van der Waals surface area (Å²) in [6, 6.07) is 10.1. The second-order valence-electron chi connectivity index (χ2n) is 6.66. The minimum Gasteiger partial charge on any atom is -0.454 e. The quantitative estimate of drug-likeness (QED) is 0.679. The van der Waals surface area contributed by atoms with Gasteiger partial charge in [-0.05, 0) is 30.3 Å². The van der Waals surface area contributed by atoms with E-state index in [0.717, 1.165) is 5.52 Å². The lowest BCUT2D eigenvalue weighted by atomic mass is 10.2. The minimum absolute atomic E-state index is 0.0942. The molecule has 2 heterocycles. The maximum absolute atomic E-state index is 12.1. The van der Waals surface area contributed by atoms with E-state index in [1.807, 2.05) is 0 Å². The second kappa shape index (κ2) is 7.66. The molecule has 3 amide bonds. The third-order valence-corrected chi connectivity index (χ3v) is 4.41. The van der Waals surface area contributed by atoms with Gasteiger partial charge in [0.2, 0.25) is 6.79 Å². The molecular formula is C19H20N6O4. The van der Waals surface area contributed by atoms with Crippen molar-refractivity contribution in [2.75, 3.05) is 32.7 Å². The molecule has 1 aliphatic heterocycles. The van der Waals surface area contributed by atoms with E-state index in [-0.39, 0.29) is 18.7 Å². The monoisotopic (exact) mass is 396 g/mol. The van der Waals surface area contributed by atoms with E-state index in [1.54, 1.807) is 55.2 Å². The summed E-state index contributed by atoms with van der Waals surface area (Å²) in [6.07, 6.45) is 0. The molecule has 10 heteroatoms. The molecular weight excluding hydrogens is 376 g/mol. The molecule has 3 aromatic rings. The minimum atomic E-state index is -0.341. The zero-order valence-electron chi connectivity index (χ0n) is 16.0. The number of hydrogen-bond donors (Lipinski definition) is 2. The van der Waals surface area contributed by atoms with Gasteiger partial charge in [-0.15, -0.1) is 5.10 Å². The molecule has 29 heavy (non-hydrogen) atoms. The number of benzene rings is 2. The predicted molar refractivity (Wildman–Crippen MR) is 105 cm³/mol. The number of amides is 3. The topological polar surface area (TPSA) is 111 Å². The fraction of sp³-hybridized carbons (Fsp3) is 0.263. The van der Waals surface area contributed by atoms with Crippen LogP contribution in [0.1, 0.15) is 10.4 Å². The van der Waals surface area contributed by atoms with Crippen LogP contribution in [0.25, 0.3) is 11.0 Å². The number of rotatable bonds is 5. The van der Waals surface area contributed by atoms with Crippen LogP contribution in [0.4, 0.5) is 10.5 Å². The Morgan fingerprint density at radius 2 is 1.97 bits per heavy atom. The smallest absolute Gasteiger partial charge is 0.319 e. The number of carbonyl (C=O) groups excluding carboxylic acids is 2. The van der Waals surface area contributed by atoms with Crippen molar-refractivity contribution in [1.29, 1.82) is 0 Å². The van der Waals surface area contributed by atoms with Gasteiger partial charge in [0.25, 0.3) is 5.91 Å². The largest absolute Gasteiger partial charge is 0.454 e. The first-order valence-electron chi connectivity index (χ1n) is 9.00. The van der Waals surface area contributed by atoms with E-state index in [4.69, 9.17) is 9.47 Å². The normalized spacial score (nSPS) is 12.1. The maximum Gasteiger partial charge on any atom is 0.319 e. The molecule has 0 aliphatic carbocycles. The Bertz CT molecular complexity index is 1080. The standard InChI is InChI=1S/C19H20N6O4/c1-24(2)18(26)12-3-5-15-14(9-12)22-23-25(15)8-7-20-19(27)21-13-4-6-16-17(10-13)29-11-28-16/h3-6,9-10H,7-8,11H2,1-2H3,(H2,20,21,27). The number of urea groups is 1. The van der Waals surface area contributed by atoms with E-state index < -0.39 is 0 Å². The highest BCUT2D eigenvalue weighted by atomic mass is 16.7. The summed E-state index contributed by atoms with van der Waals surface area (Å²) in [5.41, 5.74) is 2.58. The van der Waals surface area contributed by atoms with E-state index in [2.05, 4.69) is 20.9 Å². The first-order valence-corrected chi connectivity index (χ1v) is 9.00. The number of nitrogens with one attached hydrogen (secondary N) is 2. The van der Waals surface area contributed by atoms with Crippen molar-refractivity contribution in [3.63, 3.8) is 0 Å². The zero-order valence-corrected chi connectivity index (χ0v) is 16.0. The first kappa shape index (κ1) is 18.5. The van der Waals surface area contributed by atoms with Gasteiger partial charge in [0, 0.05) is 38.0 Å². The summed E-state index contributed by atoms with van der Waals surface area (Å²) in [6.45, 7) is 0.973. The first-order chi connectivity index (χ1) is 14.0. The number of aromatic nitrogens is 3. The number of anilines is 1. The zero-order chi connectivity index (χ0) is 20.4. The van der Waals surface area contributed by atoms with E-state index in [1.165, 1.54) is 4.90 Å². The molecule has 0 fully saturated rings. The van der Waals surface area contributed by atoms with Gasteiger partial charge in [-0.1, -0.05) is 5.21 Å². The molecule has 0 unspecified atom stereocenters. The molecule has 0 bridgehead atoms. The van der Waals surface area contributed by atoms with Crippen molar-refractivity contribution < 1.29 is 19.1 Å². The van der Waals surface area contributed by atoms with Gasteiger partial charge in [0.1, 0.15) is 5.52 Å². The van der Waals surface area contributed by atoms with Crippen LogP contribution in [0.3, 0.4) is 0 Å². The Labute approximate surface area is 166 Å². The molecule has 150 valence electrons. The van der Waals surface area contributed by atoms with Gasteiger partial charge < -0.3 is 25.0 Å². The summed E-state index contributed by atoms with van der Waals surface area (Å²) < 4.78 is 12.2. The lowest BCUT2D eigenvalue weighted by molar-refractivity contribution is 0.0827. The van der Waals surface area contributed by atoms with Crippen LogP contribution in [0.5, 0.6) is 11.5 Å². The van der Waals surface area contributed by atoms with Crippen molar-refractivity contribution in [3.05, 3.63) is 42.0 Å². The Morgan fingerprint density at radius 3 is 2.79 bits per heavy atom. The van der Waals surface area contributed by atoms with Gasteiger partial charge >= 0.3 is 6.03 Å². The van der Waals surface area contributed by atoms with E-state index in [9.17, 15) is 9.59 Å². The third-order valence-electron chi connectivity index (χ3n) is 4.41. The van der Waals surface area contributed by atoms with Crippen molar-refractivity contribution in [2.24, 2.45) is 0 Å². The van der Waals surface area contributed by atoms with Crippen molar-refractivity contribution in [1.82, 2.24) is 25.2 Å². The number of hydrogen-bond acceptors (Lipinski definition) is 6. The van der Waals surface area contributed by atoms with Crippen LogP contribution in [-0.2, 0) is 6.54 Å². The average Bonchev–Trinajstić information content (AvgIpc) is 3.33. The Balaban J connectivity index is 1.33. The van der Waals surface area contributed by atoms with Crippen LogP contribution >= 0.6 is 0 Å². The summed E-state index contributed by atoms with van der Waals surface area (Å²) >= 11 is 0. The fourth-order valence-corrected chi connectivity index (χ4v) is 2.95. The lowest BCUT2D eigenvalue weighted by Crippen LogP contribution is -2.31. The summed E-state index contributed by atoms with van der Waals surface area (Å²) in [5.74, 6) is 1.16. The van der Waals surface area contributed by atoms with Gasteiger partial charge in [-0.25, -0.2) is 9.48 Å². The molecule has 1 aliphatic rings. The van der Waals surface area contributed by atoms with Gasteiger partial charge in [0.15, 0.2) is 11.5 Å². The van der Waals surface area contributed by atoms with E-state index >= 15 is 0 Å². The van der Waals surface area contributed by atoms with Gasteiger partial charge in [-0.2, -0.15) is 0 Å². The fourth-order valence-electron chi connectivity index (χ4n) is 2.95. The van der Waals surface area contributed by atoms with Crippen molar-refractivity contribution >= 4 is 28.7 Å². The molecule has 0 radical (unpaired) electrons. The Hall–Kier alpha value is -3.82. The van der Waals surface area contributed by atoms with Crippen LogP contribution < -0.4 is 20.1 Å². The van der Waals surface area contributed by atoms with Crippen LogP contribution in [-0.4, -0.2) is 59.3 Å². The predicted octanol–water partition coefficient (Wildman–Crippen LogP) is 1.68. The summed E-state index contributed by atoms with van der Waals surface area (Å²) in [4.78, 5) is 25.7. The average molecular weight is 396 g/mol. The second-order valence-corrected chi connectivity index (χ2v) is 6.66. The number of carbonyl (C=O) groups is 2. The molecule has 0 spiro atoms. The molecule has 0 saturated heterocycles. The molecule has 4 rings (SSSR count). The van der Waals surface area contributed by atoms with Gasteiger partial charge in [-0.3, -0.25) is 4.79 Å². The van der Waals surface area contributed by atoms with Crippen molar-refractivity contribution in [3.8, 4) is 11.5 Å². The number of fused-ring (bicyclic) bond motifs is 2. The molecule has 1 aromatic heterocycles. The SMILES string of the molecule is CN(C)C(=O)c1ccc2c(c1)nnn2CCNC(=O)Nc1ccc2c(c1)OCO2. The van der Waals surface area contributed by atoms with Gasteiger partial charge in [0.05, 0.1) is 12.1 Å². The van der Waals surface area contributed by atoms with Crippen LogP contribution in [0, 0.1) is 0 Å². The number of nitrogens with zero attached hydrogens (tertiary/aromatic N) is 4. The molecule has 10 nitrogen and oxygen atoms in total. The third kappa shape index (κ3) is 3.91. The maximum atomic E-state index is 12.1. The molecule has 2 N–H and O–H groups in total. The van der Waals surface area contributed by atoms with Crippen molar-refractivity contribution in [2.45, 2.75) is 6.54 Å². The summed E-state index contributed by atoms with van der Waals surface area (Å²) in [5, 5.41) is 13.7. The van der Waals surface area contributed by atoms with Crippen LogP contribution in [0.15, 0.2) is 36.4 Å². The van der Waals surface area contributed by atoms with Crippen LogP contribution in [0.2, 0.25) is 0 Å². The molecule has 0 saturated carbocycles. The lowest BCUT2D eigenvalue weighted by Gasteiger charge is -2.10. The Morgan fingerprint density at radius 1 is 1.14 bits per heavy atom. The van der Waals surface area contributed by atoms with E-state index in [0.29, 0.717) is 41.4 Å².